The standard InChI is InChI=1S/C15H13BrN2O2S/c16-9-6-4-8(5-7-9)14(20)18-15-12(13(17)19)10-2-1-3-11(10)21-15/h4-7H,1-3H2,(H2,17,19)(H,18,20). The normalized spacial score (nSPS) is 13.0. The van der Waals surface area contributed by atoms with Crippen LogP contribution in [0.3, 0.4) is 0 Å². The zero-order valence-corrected chi connectivity index (χ0v) is 13.5. The quantitative estimate of drug-likeness (QED) is 0.876. The minimum absolute atomic E-state index is 0.232. The molecule has 0 saturated carbocycles. The first-order chi connectivity index (χ1) is 10.1. The first-order valence-corrected chi connectivity index (χ1v) is 8.18. The lowest BCUT2D eigenvalue weighted by molar-refractivity contribution is 0.100. The molecule has 6 heteroatoms. The van der Waals surface area contributed by atoms with E-state index >= 15 is 0 Å². The fourth-order valence-corrected chi connectivity index (χ4v) is 4.08. The molecule has 0 bridgehead atoms. The van der Waals surface area contributed by atoms with E-state index in [1.165, 1.54) is 11.3 Å². The molecule has 0 atom stereocenters. The smallest absolute Gasteiger partial charge is 0.256 e. The molecule has 1 aromatic carbocycles. The number of carbonyl (C=O) groups excluding carboxylic acids is 2. The van der Waals surface area contributed by atoms with E-state index in [0.717, 1.165) is 34.2 Å². The molecule has 0 unspecified atom stereocenters. The highest BCUT2D eigenvalue weighted by molar-refractivity contribution is 9.10. The third kappa shape index (κ3) is 2.73. The summed E-state index contributed by atoms with van der Waals surface area (Å²) in [6.45, 7) is 0. The Hall–Kier alpha value is -1.66. The van der Waals surface area contributed by atoms with Gasteiger partial charge in [-0.3, -0.25) is 9.59 Å². The van der Waals surface area contributed by atoms with Gasteiger partial charge in [-0.05, 0) is 49.1 Å². The first kappa shape index (κ1) is 14.3. The van der Waals surface area contributed by atoms with E-state index in [1.807, 2.05) is 0 Å². The summed E-state index contributed by atoms with van der Waals surface area (Å²) in [4.78, 5) is 25.1. The summed E-state index contributed by atoms with van der Waals surface area (Å²) in [6.07, 6.45) is 2.86. The SMILES string of the molecule is NC(=O)c1c(NC(=O)c2ccc(Br)cc2)sc2c1CCC2. The number of aryl methyl sites for hydroxylation is 1. The fraction of sp³-hybridized carbons (Fsp3) is 0.200. The van der Waals surface area contributed by atoms with E-state index in [1.54, 1.807) is 24.3 Å². The highest BCUT2D eigenvalue weighted by Crippen LogP contribution is 2.39. The summed E-state index contributed by atoms with van der Waals surface area (Å²) in [5.41, 5.74) is 7.52. The second-order valence-corrected chi connectivity index (χ2v) is 6.91. The summed E-state index contributed by atoms with van der Waals surface area (Å²) < 4.78 is 0.909. The second kappa shape index (κ2) is 5.61. The van der Waals surface area contributed by atoms with Gasteiger partial charge in [-0.1, -0.05) is 15.9 Å². The predicted octanol–water partition coefficient (Wildman–Crippen LogP) is 3.35. The minimum Gasteiger partial charge on any atom is -0.365 e. The molecule has 2 aromatic rings. The lowest BCUT2D eigenvalue weighted by Crippen LogP contribution is -2.17. The van der Waals surface area contributed by atoms with Crippen molar-refractivity contribution in [3.8, 4) is 0 Å². The number of thiophene rings is 1. The molecule has 108 valence electrons. The van der Waals surface area contributed by atoms with Gasteiger partial charge in [-0.2, -0.15) is 0 Å². The van der Waals surface area contributed by atoms with Crippen LogP contribution >= 0.6 is 27.3 Å². The van der Waals surface area contributed by atoms with Gasteiger partial charge >= 0.3 is 0 Å². The molecule has 21 heavy (non-hydrogen) atoms. The summed E-state index contributed by atoms with van der Waals surface area (Å²) >= 11 is 4.79. The summed E-state index contributed by atoms with van der Waals surface area (Å²) in [6, 6.07) is 7.06. The number of hydrogen-bond donors (Lipinski definition) is 2. The average Bonchev–Trinajstić information content (AvgIpc) is 2.98. The van der Waals surface area contributed by atoms with Crippen LogP contribution in [-0.4, -0.2) is 11.8 Å². The van der Waals surface area contributed by atoms with Crippen molar-refractivity contribution in [2.45, 2.75) is 19.3 Å². The highest BCUT2D eigenvalue weighted by Gasteiger charge is 2.26. The van der Waals surface area contributed by atoms with E-state index in [4.69, 9.17) is 5.73 Å². The number of halogens is 1. The van der Waals surface area contributed by atoms with Crippen LogP contribution in [-0.2, 0) is 12.8 Å². The maximum atomic E-state index is 12.3. The maximum Gasteiger partial charge on any atom is 0.256 e. The number of nitrogens with two attached hydrogens (primary N) is 1. The van der Waals surface area contributed by atoms with Crippen molar-refractivity contribution in [1.29, 1.82) is 0 Å². The number of benzene rings is 1. The van der Waals surface area contributed by atoms with Crippen molar-refractivity contribution in [3.05, 3.63) is 50.3 Å². The molecule has 0 aliphatic heterocycles. The summed E-state index contributed by atoms with van der Waals surface area (Å²) in [7, 11) is 0. The third-order valence-corrected chi connectivity index (χ3v) is 5.24. The zero-order chi connectivity index (χ0) is 15.0. The maximum absolute atomic E-state index is 12.3. The van der Waals surface area contributed by atoms with Gasteiger partial charge < -0.3 is 11.1 Å². The lowest BCUT2D eigenvalue weighted by atomic mass is 10.1. The van der Waals surface area contributed by atoms with Gasteiger partial charge in [0.1, 0.15) is 5.00 Å². The molecule has 1 aromatic heterocycles. The largest absolute Gasteiger partial charge is 0.365 e. The van der Waals surface area contributed by atoms with Gasteiger partial charge in [0.05, 0.1) is 5.56 Å². The molecule has 1 heterocycles. The summed E-state index contributed by atoms with van der Waals surface area (Å²) in [5.74, 6) is -0.703. The summed E-state index contributed by atoms with van der Waals surface area (Å²) in [5, 5.41) is 3.39. The number of carbonyl (C=O) groups is 2. The Morgan fingerprint density at radius 1 is 1.19 bits per heavy atom. The molecule has 2 amide bonds. The molecule has 0 fully saturated rings. The number of rotatable bonds is 3. The van der Waals surface area contributed by atoms with Gasteiger partial charge in [-0.25, -0.2) is 0 Å². The molecule has 3 rings (SSSR count). The number of primary amides is 1. The van der Waals surface area contributed by atoms with E-state index in [2.05, 4.69) is 21.2 Å². The monoisotopic (exact) mass is 364 g/mol. The van der Waals surface area contributed by atoms with Crippen LogP contribution in [0.1, 0.15) is 37.6 Å². The fourth-order valence-electron chi connectivity index (χ4n) is 2.53. The molecule has 0 saturated heterocycles. The van der Waals surface area contributed by atoms with Crippen LogP contribution < -0.4 is 11.1 Å². The minimum atomic E-state index is -0.472. The number of fused-ring (bicyclic) bond motifs is 1. The highest BCUT2D eigenvalue weighted by atomic mass is 79.9. The third-order valence-electron chi connectivity index (χ3n) is 3.50. The van der Waals surface area contributed by atoms with Gasteiger partial charge in [-0.15, -0.1) is 11.3 Å². The Morgan fingerprint density at radius 2 is 1.90 bits per heavy atom. The van der Waals surface area contributed by atoms with E-state index in [9.17, 15) is 9.59 Å². The van der Waals surface area contributed by atoms with Crippen LogP contribution in [0.25, 0.3) is 0 Å². The van der Waals surface area contributed by atoms with Gasteiger partial charge in [0.15, 0.2) is 0 Å². The van der Waals surface area contributed by atoms with Crippen LogP contribution in [0, 0.1) is 0 Å². The van der Waals surface area contributed by atoms with Crippen molar-refractivity contribution in [2.24, 2.45) is 5.73 Å². The van der Waals surface area contributed by atoms with Crippen molar-refractivity contribution >= 4 is 44.1 Å². The Morgan fingerprint density at radius 3 is 2.57 bits per heavy atom. The number of nitrogens with one attached hydrogen (secondary N) is 1. The van der Waals surface area contributed by atoms with Crippen LogP contribution in [0.5, 0.6) is 0 Å². The van der Waals surface area contributed by atoms with E-state index < -0.39 is 5.91 Å². The molecule has 3 N–H and O–H groups in total. The molecule has 4 nitrogen and oxygen atoms in total. The molecule has 0 spiro atoms. The molecule has 0 radical (unpaired) electrons. The van der Waals surface area contributed by atoms with Crippen molar-refractivity contribution in [2.75, 3.05) is 5.32 Å². The zero-order valence-electron chi connectivity index (χ0n) is 11.1. The van der Waals surface area contributed by atoms with E-state index in [0.29, 0.717) is 16.1 Å². The van der Waals surface area contributed by atoms with Crippen molar-refractivity contribution in [1.82, 2.24) is 0 Å². The van der Waals surface area contributed by atoms with Crippen molar-refractivity contribution in [3.63, 3.8) is 0 Å². The van der Waals surface area contributed by atoms with E-state index in [-0.39, 0.29) is 5.91 Å². The Balaban J connectivity index is 1.90. The Bertz CT molecular complexity index is 722. The second-order valence-electron chi connectivity index (χ2n) is 4.89. The number of amides is 2. The molecular weight excluding hydrogens is 352 g/mol. The molecular formula is C15H13BrN2O2S. The number of anilines is 1. The van der Waals surface area contributed by atoms with Crippen LogP contribution in [0.4, 0.5) is 5.00 Å². The number of hydrogen-bond acceptors (Lipinski definition) is 3. The first-order valence-electron chi connectivity index (χ1n) is 6.57. The average molecular weight is 365 g/mol. The van der Waals surface area contributed by atoms with Crippen LogP contribution in [0.15, 0.2) is 28.7 Å². The van der Waals surface area contributed by atoms with Crippen LogP contribution in [0.2, 0.25) is 0 Å². The molecule has 1 aliphatic carbocycles. The Labute approximate surface area is 134 Å². The van der Waals surface area contributed by atoms with Gasteiger partial charge in [0, 0.05) is 14.9 Å². The topological polar surface area (TPSA) is 72.2 Å². The van der Waals surface area contributed by atoms with Gasteiger partial charge in [0.2, 0.25) is 0 Å². The lowest BCUT2D eigenvalue weighted by Gasteiger charge is -2.06. The van der Waals surface area contributed by atoms with Crippen molar-refractivity contribution < 1.29 is 9.59 Å². The van der Waals surface area contributed by atoms with Gasteiger partial charge in [0.25, 0.3) is 11.8 Å². The Kier molecular flexibility index (Phi) is 3.82. The molecule has 1 aliphatic rings. The predicted molar refractivity (Wildman–Crippen MR) is 87.0 cm³/mol.